The lowest BCUT2D eigenvalue weighted by Crippen LogP contribution is -2.47. The van der Waals surface area contributed by atoms with Gasteiger partial charge in [-0.1, -0.05) is 16.7 Å². The zero-order chi connectivity index (χ0) is 16.5. The Kier molecular flexibility index (Phi) is 4.22. The predicted molar refractivity (Wildman–Crippen MR) is 88.6 cm³/mol. The molecule has 1 saturated carbocycles. The standard InChI is InChI=1S/C16H25N7O/c1-12-15(13(2)24-18-12)11-21-6-8-22(9-7-21)16-17-19-20-23(16)10-14-4-3-5-14/h14H,3-11H2,1-2H3. The lowest BCUT2D eigenvalue weighted by atomic mass is 9.85. The van der Waals surface area contributed by atoms with Gasteiger partial charge in [0.1, 0.15) is 5.76 Å². The van der Waals surface area contributed by atoms with E-state index in [1.165, 1.54) is 24.8 Å². The van der Waals surface area contributed by atoms with Gasteiger partial charge >= 0.3 is 0 Å². The van der Waals surface area contributed by atoms with E-state index in [0.29, 0.717) is 0 Å². The molecule has 0 atom stereocenters. The van der Waals surface area contributed by atoms with Crippen molar-refractivity contribution in [1.29, 1.82) is 0 Å². The fourth-order valence-corrected chi connectivity index (χ4v) is 3.52. The third kappa shape index (κ3) is 3.02. The SMILES string of the molecule is Cc1noc(C)c1CN1CCN(c2nnnn2CC2CCC2)CC1. The second-order valence-corrected chi connectivity index (χ2v) is 7.02. The summed E-state index contributed by atoms with van der Waals surface area (Å²) in [5.41, 5.74) is 2.22. The molecule has 0 N–H and O–H groups in total. The number of tetrazole rings is 1. The Morgan fingerprint density at radius 2 is 1.92 bits per heavy atom. The third-order valence-electron chi connectivity index (χ3n) is 5.39. The van der Waals surface area contributed by atoms with Gasteiger partial charge in [0.2, 0.25) is 5.95 Å². The molecular weight excluding hydrogens is 306 g/mol. The summed E-state index contributed by atoms with van der Waals surface area (Å²) in [7, 11) is 0. The van der Waals surface area contributed by atoms with E-state index in [4.69, 9.17) is 4.52 Å². The van der Waals surface area contributed by atoms with E-state index < -0.39 is 0 Å². The maximum absolute atomic E-state index is 5.27. The summed E-state index contributed by atoms with van der Waals surface area (Å²) in [6.07, 6.45) is 3.97. The number of nitrogens with zero attached hydrogens (tertiary/aromatic N) is 7. The van der Waals surface area contributed by atoms with Crippen molar-refractivity contribution in [2.24, 2.45) is 5.92 Å². The summed E-state index contributed by atoms with van der Waals surface area (Å²) in [5.74, 6) is 2.62. The fourth-order valence-electron chi connectivity index (χ4n) is 3.52. The molecule has 1 aliphatic carbocycles. The molecule has 4 rings (SSSR count). The van der Waals surface area contributed by atoms with Gasteiger partial charge in [0, 0.05) is 44.8 Å². The highest BCUT2D eigenvalue weighted by atomic mass is 16.5. The van der Waals surface area contributed by atoms with Crippen molar-refractivity contribution in [3.05, 3.63) is 17.0 Å². The Bertz CT molecular complexity index is 663. The van der Waals surface area contributed by atoms with Crippen LogP contribution < -0.4 is 4.90 Å². The molecule has 0 radical (unpaired) electrons. The summed E-state index contributed by atoms with van der Waals surface area (Å²) < 4.78 is 7.26. The fraction of sp³-hybridized carbons (Fsp3) is 0.750. The van der Waals surface area contributed by atoms with Crippen LogP contribution in [0, 0.1) is 19.8 Å². The van der Waals surface area contributed by atoms with Crippen LogP contribution in [0.15, 0.2) is 4.52 Å². The van der Waals surface area contributed by atoms with Crippen LogP contribution in [0.2, 0.25) is 0 Å². The van der Waals surface area contributed by atoms with Gasteiger partial charge in [-0.25, -0.2) is 4.68 Å². The van der Waals surface area contributed by atoms with Crippen molar-refractivity contribution in [2.45, 2.75) is 46.2 Å². The molecule has 0 unspecified atom stereocenters. The molecule has 1 saturated heterocycles. The molecule has 2 aromatic rings. The van der Waals surface area contributed by atoms with Crippen LogP contribution in [-0.2, 0) is 13.1 Å². The van der Waals surface area contributed by atoms with Crippen molar-refractivity contribution < 1.29 is 4.52 Å². The molecule has 0 aromatic carbocycles. The first-order valence-electron chi connectivity index (χ1n) is 8.86. The van der Waals surface area contributed by atoms with Gasteiger partial charge in [0.15, 0.2) is 0 Å². The zero-order valence-corrected chi connectivity index (χ0v) is 14.5. The first kappa shape index (κ1) is 15.6. The Morgan fingerprint density at radius 1 is 1.12 bits per heavy atom. The molecule has 8 nitrogen and oxygen atoms in total. The molecule has 130 valence electrons. The smallest absolute Gasteiger partial charge is 0.245 e. The molecule has 0 spiro atoms. The molecular formula is C16H25N7O. The number of hydrogen-bond acceptors (Lipinski definition) is 7. The van der Waals surface area contributed by atoms with Crippen LogP contribution in [0.5, 0.6) is 0 Å². The first-order chi connectivity index (χ1) is 11.7. The predicted octanol–water partition coefficient (Wildman–Crippen LogP) is 1.40. The second kappa shape index (κ2) is 6.51. The van der Waals surface area contributed by atoms with Crippen molar-refractivity contribution in [3.8, 4) is 0 Å². The normalized spacial score (nSPS) is 19.7. The van der Waals surface area contributed by atoms with Crippen LogP contribution in [0.1, 0.15) is 36.3 Å². The Morgan fingerprint density at radius 3 is 2.54 bits per heavy atom. The van der Waals surface area contributed by atoms with Crippen molar-refractivity contribution in [1.82, 2.24) is 30.3 Å². The molecule has 1 aliphatic heterocycles. The average Bonchev–Trinajstić information content (AvgIpc) is 3.13. The largest absolute Gasteiger partial charge is 0.361 e. The summed E-state index contributed by atoms with van der Waals surface area (Å²) in [6.45, 7) is 9.77. The van der Waals surface area contributed by atoms with E-state index in [-0.39, 0.29) is 0 Å². The number of aryl methyl sites for hydroxylation is 2. The highest BCUT2D eigenvalue weighted by Crippen LogP contribution is 2.28. The molecule has 24 heavy (non-hydrogen) atoms. The minimum absolute atomic E-state index is 0.757. The van der Waals surface area contributed by atoms with Crippen LogP contribution in [0.4, 0.5) is 5.95 Å². The van der Waals surface area contributed by atoms with Gasteiger partial charge in [-0.15, -0.1) is 0 Å². The van der Waals surface area contributed by atoms with E-state index in [0.717, 1.165) is 62.6 Å². The van der Waals surface area contributed by atoms with E-state index >= 15 is 0 Å². The topological polar surface area (TPSA) is 76.1 Å². The third-order valence-corrected chi connectivity index (χ3v) is 5.39. The number of piperazine rings is 1. The van der Waals surface area contributed by atoms with E-state index in [2.05, 4.69) is 30.5 Å². The van der Waals surface area contributed by atoms with Gasteiger partial charge in [0.25, 0.3) is 0 Å². The molecule has 2 aromatic heterocycles. The Labute approximate surface area is 141 Å². The molecule has 3 heterocycles. The maximum atomic E-state index is 5.27. The number of aromatic nitrogens is 5. The second-order valence-electron chi connectivity index (χ2n) is 7.02. The zero-order valence-electron chi connectivity index (χ0n) is 14.5. The van der Waals surface area contributed by atoms with E-state index in [9.17, 15) is 0 Å². The van der Waals surface area contributed by atoms with Gasteiger partial charge in [0.05, 0.1) is 5.69 Å². The first-order valence-corrected chi connectivity index (χ1v) is 8.86. The van der Waals surface area contributed by atoms with Gasteiger partial charge in [-0.05, 0) is 43.0 Å². The molecule has 2 fully saturated rings. The van der Waals surface area contributed by atoms with Crippen molar-refractivity contribution in [3.63, 3.8) is 0 Å². The molecule has 2 aliphatic rings. The van der Waals surface area contributed by atoms with E-state index in [1.807, 2.05) is 18.5 Å². The van der Waals surface area contributed by atoms with Gasteiger partial charge in [-0.3, -0.25) is 4.90 Å². The van der Waals surface area contributed by atoms with Crippen LogP contribution in [-0.4, -0.2) is 56.4 Å². The van der Waals surface area contributed by atoms with E-state index in [1.54, 1.807) is 0 Å². The monoisotopic (exact) mass is 331 g/mol. The summed E-state index contributed by atoms with van der Waals surface area (Å²) in [4.78, 5) is 4.76. The lowest BCUT2D eigenvalue weighted by molar-refractivity contribution is 0.241. The average molecular weight is 331 g/mol. The summed E-state index contributed by atoms with van der Waals surface area (Å²) >= 11 is 0. The van der Waals surface area contributed by atoms with Crippen LogP contribution in [0.3, 0.4) is 0 Å². The van der Waals surface area contributed by atoms with Crippen molar-refractivity contribution in [2.75, 3.05) is 31.1 Å². The maximum Gasteiger partial charge on any atom is 0.245 e. The quantitative estimate of drug-likeness (QED) is 0.819. The lowest BCUT2D eigenvalue weighted by Gasteiger charge is -2.35. The minimum atomic E-state index is 0.757. The van der Waals surface area contributed by atoms with Gasteiger partial charge < -0.3 is 9.42 Å². The van der Waals surface area contributed by atoms with Crippen LogP contribution >= 0.6 is 0 Å². The Hall–Kier alpha value is -1.96. The van der Waals surface area contributed by atoms with Gasteiger partial charge in [-0.2, -0.15) is 0 Å². The highest BCUT2D eigenvalue weighted by molar-refractivity contribution is 5.29. The highest BCUT2D eigenvalue weighted by Gasteiger charge is 2.25. The molecule has 8 heteroatoms. The molecule has 0 amide bonds. The van der Waals surface area contributed by atoms with Crippen molar-refractivity contribution >= 4 is 5.95 Å². The number of rotatable bonds is 5. The number of anilines is 1. The van der Waals surface area contributed by atoms with Crippen LogP contribution in [0.25, 0.3) is 0 Å². The molecule has 0 bridgehead atoms. The number of hydrogen-bond donors (Lipinski definition) is 0. The Balaban J connectivity index is 1.35. The summed E-state index contributed by atoms with van der Waals surface area (Å²) in [6, 6.07) is 0. The minimum Gasteiger partial charge on any atom is -0.361 e. The summed E-state index contributed by atoms with van der Waals surface area (Å²) in [5, 5.41) is 16.4.